The van der Waals surface area contributed by atoms with Gasteiger partial charge in [0.15, 0.2) is 5.82 Å². The molecule has 22 heavy (non-hydrogen) atoms. The van der Waals surface area contributed by atoms with E-state index in [1.165, 1.54) is 12.1 Å². The molecule has 2 rings (SSSR count). The van der Waals surface area contributed by atoms with Crippen LogP contribution in [0.5, 0.6) is 0 Å². The van der Waals surface area contributed by atoms with Crippen molar-refractivity contribution >= 4 is 27.4 Å². The van der Waals surface area contributed by atoms with E-state index in [1.807, 2.05) is 6.92 Å². The highest BCUT2D eigenvalue weighted by molar-refractivity contribution is 7.92. The van der Waals surface area contributed by atoms with E-state index in [9.17, 15) is 17.6 Å². The van der Waals surface area contributed by atoms with Gasteiger partial charge in [-0.25, -0.2) is 17.6 Å². The monoisotopic (exact) mass is 330 g/mol. The second kappa shape index (κ2) is 6.51. The van der Waals surface area contributed by atoms with Crippen LogP contribution < -0.4 is 9.62 Å². The molecule has 0 amide bonds. The average Bonchev–Trinajstić information content (AvgIpc) is 2.48. The number of nitrogens with zero attached hydrogens (tertiary/aromatic N) is 1. The van der Waals surface area contributed by atoms with Crippen molar-refractivity contribution in [1.82, 2.24) is 0 Å². The number of rotatable bonds is 4. The summed E-state index contributed by atoms with van der Waals surface area (Å²) in [6.07, 6.45) is 1.20. The Labute approximate surface area is 129 Å². The fraction of sp³-hybridized carbons (Fsp3) is 0.500. The lowest BCUT2D eigenvalue weighted by Gasteiger charge is -2.29. The molecule has 1 aliphatic heterocycles. The van der Waals surface area contributed by atoms with Gasteiger partial charge < -0.3 is 10.1 Å². The number of anilines is 2. The normalized spacial score (nSPS) is 17.1. The van der Waals surface area contributed by atoms with Gasteiger partial charge in [0.25, 0.3) is 0 Å². The summed E-state index contributed by atoms with van der Waals surface area (Å²) < 4.78 is 44.6. The molecule has 0 radical (unpaired) electrons. The standard InChI is InChI=1S/C14H19FN2O4S/c1-3-16-10-8-11(14(18)21-2)13(15)12(9-10)17-6-4-5-7-22(17,19)20/h8-9,16H,3-7H2,1-2H3. The molecular weight excluding hydrogens is 311 g/mol. The molecule has 6 nitrogen and oxygen atoms in total. The molecule has 0 aliphatic carbocycles. The number of benzene rings is 1. The first-order valence-corrected chi connectivity index (χ1v) is 8.67. The average molecular weight is 330 g/mol. The molecule has 1 aliphatic rings. The van der Waals surface area contributed by atoms with Crippen molar-refractivity contribution in [2.75, 3.05) is 35.6 Å². The topological polar surface area (TPSA) is 75.7 Å². The van der Waals surface area contributed by atoms with Crippen LogP contribution >= 0.6 is 0 Å². The maximum absolute atomic E-state index is 14.6. The van der Waals surface area contributed by atoms with E-state index in [4.69, 9.17) is 0 Å². The number of hydrogen-bond donors (Lipinski definition) is 1. The van der Waals surface area contributed by atoms with E-state index >= 15 is 0 Å². The van der Waals surface area contributed by atoms with Crippen LogP contribution in [0.25, 0.3) is 0 Å². The van der Waals surface area contributed by atoms with Crippen molar-refractivity contribution in [3.05, 3.63) is 23.5 Å². The first-order valence-electron chi connectivity index (χ1n) is 7.07. The van der Waals surface area contributed by atoms with Crippen molar-refractivity contribution in [2.24, 2.45) is 0 Å². The highest BCUT2D eigenvalue weighted by Crippen LogP contribution is 2.31. The first kappa shape index (κ1) is 16.5. The maximum Gasteiger partial charge on any atom is 0.341 e. The number of methoxy groups -OCH3 is 1. The molecule has 1 heterocycles. The molecule has 1 saturated heterocycles. The zero-order chi connectivity index (χ0) is 16.3. The van der Waals surface area contributed by atoms with E-state index in [0.29, 0.717) is 25.1 Å². The van der Waals surface area contributed by atoms with Crippen LogP contribution in [0.4, 0.5) is 15.8 Å². The Morgan fingerprint density at radius 1 is 1.41 bits per heavy atom. The minimum Gasteiger partial charge on any atom is -0.465 e. The lowest BCUT2D eigenvalue weighted by atomic mass is 10.1. The quantitative estimate of drug-likeness (QED) is 0.854. The lowest BCUT2D eigenvalue weighted by Crippen LogP contribution is -2.38. The van der Waals surface area contributed by atoms with Gasteiger partial charge in [0.2, 0.25) is 10.0 Å². The van der Waals surface area contributed by atoms with Crippen LogP contribution in [0, 0.1) is 5.82 Å². The molecule has 122 valence electrons. The largest absolute Gasteiger partial charge is 0.465 e. The predicted molar refractivity (Wildman–Crippen MR) is 82.3 cm³/mol. The fourth-order valence-electron chi connectivity index (χ4n) is 2.41. The van der Waals surface area contributed by atoms with Gasteiger partial charge >= 0.3 is 5.97 Å². The SMILES string of the molecule is CCNc1cc(C(=O)OC)c(F)c(N2CCCCS2(=O)=O)c1. The third-order valence-electron chi connectivity index (χ3n) is 3.46. The van der Waals surface area contributed by atoms with E-state index in [0.717, 1.165) is 11.4 Å². The van der Waals surface area contributed by atoms with E-state index in [2.05, 4.69) is 10.1 Å². The number of esters is 1. The molecule has 1 aromatic rings. The molecular formula is C14H19FN2O4S. The number of carbonyl (C=O) groups is 1. The smallest absolute Gasteiger partial charge is 0.341 e. The van der Waals surface area contributed by atoms with Gasteiger partial charge in [0.05, 0.1) is 24.1 Å². The molecule has 1 fully saturated rings. The third-order valence-corrected chi connectivity index (χ3v) is 5.31. The Kier molecular flexibility index (Phi) is 4.90. The summed E-state index contributed by atoms with van der Waals surface area (Å²) in [6.45, 7) is 2.60. The van der Waals surface area contributed by atoms with Crippen molar-refractivity contribution in [3.63, 3.8) is 0 Å². The summed E-state index contributed by atoms with van der Waals surface area (Å²) in [7, 11) is -2.41. The number of halogens is 1. The van der Waals surface area contributed by atoms with Gasteiger partial charge in [-0.1, -0.05) is 0 Å². The summed E-state index contributed by atoms with van der Waals surface area (Å²) in [4.78, 5) is 11.7. The minimum absolute atomic E-state index is 0.0224. The second-order valence-electron chi connectivity index (χ2n) is 4.97. The van der Waals surface area contributed by atoms with Crippen LogP contribution in [-0.2, 0) is 14.8 Å². The number of sulfonamides is 1. The molecule has 8 heteroatoms. The van der Waals surface area contributed by atoms with Crippen molar-refractivity contribution < 1.29 is 22.3 Å². The van der Waals surface area contributed by atoms with Crippen molar-refractivity contribution in [2.45, 2.75) is 19.8 Å². The molecule has 0 aromatic heterocycles. The van der Waals surface area contributed by atoms with Crippen LogP contribution in [0.15, 0.2) is 12.1 Å². The Bertz CT molecular complexity index is 676. The molecule has 1 N–H and O–H groups in total. The molecule has 1 aromatic carbocycles. The van der Waals surface area contributed by atoms with Gasteiger partial charge in [-0.2, -0.15) is 0 Å². The number of hydrogen-bond acceptors (Lipinski definition) is 5. The minimum atomic E-state index is -3.57. The van der Waals surface area contributed by atoms with Gasteiger partial charge in [-0.3, -0.25) is 4.31 Å². The lowest BCUT2D eigenvalue weighted by molar-refractivity contribution is 0.0595. The maximum atomic E-state index is 14.6. The van der Waals surface area contributed by atoms with Gasteiger partial charge in [-0.05, 0) is 31.9 Å². The van der Waals surface area contributed by atoms with E-state index in [1.54, 1.807) is 0 Å². The summed E-state index contributed by atoms with van der Waals surface area (Å²) in [5.74, 6) is -1.74. The number of ether oxygens (including phenoxy) is 1. The number of nitrogens with one attached hydrogen (secondary N) is 1. The molecule has 0 unspecified atom stereocenters. The molecule has 0 atom stereocenters. The summed E-state index contributed by atoms with van der Waals surface area (Å²) in [5.41, 5.74) is 0.0790. The third kappa shape index (κ3) is 3.16. The second-order valence-corrected chi connectivity index (χ2v) is 6.99. The van der Waals surface area contributed by atoms with Crippen molar-refractivity contribution in [3.8, 4) is 0 Å². The van der Waals surface area contributed by atoms with Gasteiger partial charge in [-0.15, -0.1) is 0 Å². The first-order chi connectivity index (χ1) is 10.4. The van der Waals surface area contributed by atoms with Crippen LogP contribution in [0.2, 0.25) is 0 Å². The van der Waals surface area contributed by atoms with Crippen molar-refractivity contribution in [1.29, 1.82) is 0 Å². The van der Waals surface area contributed by atoms with E-state index in [-0.39, 0.29) is 23.5 Å². The molecule has 0 bridgehead atoms. The Hall–Kier alpha value is -1.83. The predicted octanol–water partition coefficient (Wildman–Crippen LogP) is 1.97. The Morgan fingerprint density at radius 2 is 2.14 bits per heavy atom. The van der Waals surface area contributed by atoms with Crippen LogP contribution in [0.1, 0.15) is 30.1 Å². The van der Waals surface area contributed by atoms with E-state index < -0.39 is 21.8 Å². The molecule has 0 saturated carbocycles. The zero-order valence-corrected chi connectivity index (χ0v) is 13.4. The Balaban J connectivity index is 2.58. The summed E-state index contributed by atoms with van der Waals surface area (Å²) in [5, 5.41) is 2.97. The summed E-state index contributed by atoms with van der Waals surface area (Å²) in [6, 6.07) is 2.73. The highest BCUT2D eigenvalue weighted by Gasteiger charge is 2.30. The zero-order valence-electron chi connectivity index (χ0n) is 12.6. The summed E-state index contributed by atoms with van der Waals surface area (Å²) >= 11 is 0. The van der Waals surface area contributed by atoms with Crippen LogP contribution in [-0.4, -0.2) is 40.3 Å². The van der Waals surface area contributed by atoms with Crippen LogP contribution in [0.3, 0.4) is 0 Å². The fourth-order valence-corrected chi connectivity index (χ4v) is 4.04. The number of carbonyl (C=O) groups excluding carboxylic acids is 1. The Morgan fingerprint density at radius 3 is 2.73 bits per heavy atom. The van der Waals surface area contributed by atoms with Gasteiger partial charge in [0, 0.05) is 18.8 Å². The molecule has 0 spiro atoms. The van der Waals surface area contributed by atoms with Gasteiger partial charge in [0.1, 0.15) is 0 Å². The highest BCUT2D eigenvalue weighted by atomic mass is 32.2.